The van der Waals surface area contributed by atoms with Gasteiger partial charge >= 0.3 is 0 Å². The minimum absolute atomic E-state index is 0.0458. The lowest BCUT2D eigenvalue weighted by Gasteiger charge is -2.39. The van der Waals surface area contributed by atoms with E-state index >= 15 is 0 Å². The molecule has 112 valence electrons. The van der Waals surface area contributed by atoms with Crippen LogP contribution >= 0.6 is 0 Å². The van der Waals surface area contributed by atoms with Gasteiger partial charge in [0.05, 0.1) is 0 Å². The van der Waals surface area contributed by atoms with Crippen LogP contribution in [-0.2, 0) is 0 Å². The Morgan fingerprint density at radius 2 is 1.80 bits per heavy atom. The van der Waals surface area contributed by atoms with Crippen LogP contribution in [0.15, 0.2) is 24.3 Å². The molecule has 0 spiro atoms. The second-order valence-electron chi connectivity index (χ2n) is 6.99. The van der Waals surface area contributed by atoms with Gasteiger partial charge < -0.3 is 10.6 Å². The van der Waals surface area contributed by atoms with Gasteiger partial charge in [0.2, 0.25) is 0 Å². The van der Waals surface area contributed by atoms with Crippen molar-refractivity contribution in [2.24, 2.45) is 11.1 Å². The Morgan fingerprint density at radius 1 is 1.25 bits per heavy atom. The molecule has 1 atom stereocenters. The minimum atomic E-state index is -0.205. The topological polar surface area (TPSA) is 29.3 Å². The fraction of sp³-hybridized carbons (Fsp3) is 0.647. The third kappa shape index (κ3) is 4.03. The molecule has 0 saturated heterocycles. The monoisotopic (exact) mass is 278 g/mol. The van der Waals surface area contributed by atoms with E-state index in [0.29, 0.717) is 11.5 Å². The van der Waals surface area contributed by atoms with E-state index in [2.05, 4.69) is 25.8 Å². The molecule has 1 aliphatic rings. The first-order valence-corrected chi connectivity index (χ1v) is 7.59. The quantitative estimate of drug-likeness (QED) is 0.909. The number of nitrogens with two attached hydrogens (primary N) is 1. The lowest BCUT2D eigenvalue weighted by Crippen LogP contribution is -2.40. The highest BCUT2D eigenvalue weighted by atomic mass is 19.1. The zero-order valence-electron chi connectivity index (χ0n) is 12.9. The van der Waals surface area contributed by atoms with Crippen LogP contribution in [0.4, 0.5) is 4.39 Å². The highest BCUT2D eigenvalue weighted by Gasteiger charge is 2.29. The molecule has 0 radical (unpaired) electrons. The van der Waals surface area contributed by atoms with Crippen LogP contribution in [-0.4, -0.2) is 24.5 Å². The van der Waals surface area contributed by atoms with Gasteiger partial charge in [-0.25, -0.2) is 4.39 Å². The van der Waals surface area contributed by atoms with Gasteiger partial charge in [0.25, 0.3) is 0 Å². The predicted octanol–water partition coefficient (Wildman–Crippen LogP) is 3.73. The number of benzene rings is 1. The van der Waals surface area contributed by atoms with Crippen molar-refractivity contribution in [2.45, 2.75) is 51.6 Å². The van der Waals surface area contributed by atoms with Gasteiger partial charge in [0.1, 0.15) is 5.82 Å². The minimum Gasteiger partial charge on any atom is -0.323 e. The Bertz CT molecular complexity index is 417. The van der Waals surface area contributed by atoms with Gasteiger partial charge in [-0.05, 0) is 55.8 Å². The molecule has 2 N–H and O–H groups in total. The van der Waals surface area contributed by atoms with E-state index < -0.39 is 0 Å². The molecule has 3 heteroatoms. The van der Waals surface area contributed by atoms with E-state index in [1.165, 1.54) is 37.8 Å². The van der Waals surface area contributed by atoms with E-state index in [0.717, 1.165) is 12.1 Å². The summed E-state index contributed by atoms with van der Waals surface area (Å²) in [5, 5.41) is 0. The SMILES string of the molecule is CN(CC(N)c1ccc(F)cc1)C1CCC(C)(C)CC1. The van der Waals surface area contributed by atoms with Crippen molar-refractivity contribution in [3.8, 4) is 0 Å². The lowest BCUT2D eigenvalue weighted by molar-refractivity contribution is 0.123. The number of likely N-dealkylation sites (N-methyl/N-ethyl adjacent to an activating group) is 1. The average molecular weight is 278 g/mol. The fourth-order valence-corrected chi connectivity index (χ4v) is 3.10. The number of rotatable bonds is 4. The average Bonchev–Trinajstić information content (AvgIpc) is 2.39. The molecule has 1 aliphatic carbocycles. The summed E-state index contributed by atoms with van der Waals surface area (Å²) in [5.41, 5.74) is 7.75. The molecular formula is C17H27FN2. The number of hydrogen-bond donors (Lipinski definition) is 1. The largest absolute Gasteiger partial charge is 0.323 e. The molecule has 2 rings (SSSR count). The normalized spacial score (nSPS) is 21.1. The standard InChI is InChI=1S/C17H27FN2/c1-17(2)10-8-15(9-11-17)20(3)12-16(19)13-4-6-14(18)7-5-13/h4-7,15-16H,8-12,19H2,1-3H3. The van der Waals surface area contributed by atoms with Crippen LogP contribution in [0.5, 0.6) is 0 Å². The smallest absolute Gasteiger partial charge is 0.123 e. The summed E-state index contributed by atoms with van der Waals surface area (Å²) in [7, 11) is 2.16. The van der Waals surface area contributed by atoms with E-state index in [1.54, 1.807) is 12.1 Å². The second-order valence-corrected chi connectivity index (χ2v) is 6.99. The number of halogens is 1. The van der Waals surface area contributed by atoms with Crippen molar-refractivity contribution in [3.05, 3.63) is 35.6 Å². The molecule has 1 fully saturated rings. The molecule has 0 aliphatic heterocycles. The van der Waals surface area contributed by atoms with Crippen molar-refractivity contribution in [1.29, 1.82) is 0 Å². The molecule has 1 aromatic rings. The van der Waals surface area contributed by atoms with Crippen LogP contribution in [0.3, 0.4) is 0 Å². The van der Waals surface area contributed by atoms with Crippen molar-refractivity contribution in [1.82, 2.24) is 4.90 Å². The summed E-state index contributed by atoms with van der Waals surface area (Å²) >= 11 is 0. The van der Waals surface area contributed by atoms with Crippen molar-refractivity contribution in [3.63, 3.8) is 0 Å². The third-order valence-electron chi connectivity index (χ3n) is 4.71. The molecule has 1 unspecified atom stereocenters. The van der Waals surface area contributed by atoms with Crippen LogP contribution in [0.2, 0.25) is 0 Å². The zero-order valence-corrected chi connectivity index (χ0v) is 12.9. The molecule has 0 amide bonds. The maximum Gasteiger partial charge on any atom is 0.123 e. The summed E-state index contributed by atoms with van der Waals surface area (Å²) in [6.45, 7) is 5.54. The first-order valence-electron chi connectivity index (χ1n) is 7.59. The van der Waals surface area contributed by atoms with Crippen molar-refractivity contribution < 1.29 is 4.39 Å². The van der Waals surface area contributed by atoms with Crippen molar-refractivity contribution >= 4 is 0 Å². The first kappa shape index (κ1) is 15.5. The molecule has 2 nitrogen and oxygen atoms in total. The van der Waals surface area contributed by atoms with Gasteiger partial charge in [-0.1, -0.05) is 26.0 Å². The highest BCUT2D eigenvalue weighted by Crippen LogP contribution is 2.36. The molecular weight excluding hydrogens is 251 g/mol. The summed E-state index contributed by atoms with van der Waals surface area (Å²) < 4.78 is 12.9. The summed E-state index contributed by atoms with van der Waals surface area (Å²) in [5.74, 6) is -0.205. The van der Waals surface area contributed by atoms with Gasteiger partial charge in [-0.2, -0.15) is 0 Å². The Morgan fingerprint density at radius 3 is 2.35 bits per heavy atom. The maximum absolute atomic E-state index is 12.9. The van der Waals surface area contributed by atoms with Crippen LogP contribution in [0, 0.1) is 11.2 Å². The molecule has 0 bridgehead atoms. The Balaban J connectivity index is 1.88. The maximum atomic E-state index is 12.9. The number of nitrogens with zero attached hydrogens (tertiary/aromatic N) is 1. The second kappa shape index (κ2) is 6.23. The van der Waals surface area contributed by atoms with Gasteiger partial charge in [-0.3, -0.25) is 0 Å². The van der Waals surface area contributed by atoms with Crippen LogP contribution in [0.1, 0.15) is 51.1 Å². The van der Waals surface area contributed by atoms with Crippen molar-refractivity contribution in [2.75, 3.05) is 13.6 Å². The predicted molar refractivity (Wildman–Crippen MR) is 82.0 cm³/mol. The van der Waals surface area contributed by atoms with E-state index in [-0.39, 0.29) is 11.9 Å². The fourth-order valence-electron chi connectivity index (χ4n) is 3.10. The first-order chi connectivity index (χ1) is 9.37. The third-order valence-corrected chi connectivity index (χ3v) is 4.71. The molecule has 1 aromatic carbocycles. The van der Waals surface area contributed by atoms with Crippen LogP contribution < -0.4 is 5.73 Å². The van der Waals surface area contributed by atoms with E-state index in [4.69, 9.17) is 5.73 Å². The Kier molecular flexibility index (Phi) is 4.82. The van der Waals surface area contributed by atoms with Gasteiger partial charge in [0, 0.05) is 18.6 Å². The molecule has 0 aromatic heterocycles. The Hall–Kier alpha value is -0.930. The molecule has 20 heavy (non-hydrogen) atoms. The van der Waals surface area contributed by atoms with E-state index in [9.17, 15) is 4.39 Å². The lowest BCUT2D eigenvalue weighted by atomic mass is 9.75. The summed E-state index contributed by atoms with van der Waals surface area (Å²) in [6, 6.07) is 7.14. The zero-order chi connectivity index (χ0) is 14.8. The Labute approximate surface area is 122 Å². The molecule has 0 heterocycles. The van der Waals surface area contributed by atoms with Gasteiger partial charge in [-0.15, -0.1) is 0 Å². The summed E-state index contributed by atoms with van der Waals surface area (Å²) in [6.07, 6.45) is 5.07. The van der Waals surface area contributed by atoms with E-state index in [1.807, 2.05) is 0 Å². The highest BCUT2D eigenvalue weighted by molar-refractivity contribution is 5.19. The van der Waals surface area contributed by atoms with Gasteiger partial charge in [0.15, 0.2) is 0 Å². The molecule has 1 saturated carbocycles. The van der Waals surface area contributed by atoms with Crippen LogP contribution in [0.25, 0.3) is 0 Å². The summed E-state index contributed by atoms with van der Waals surface area (Å²) in [4.78, 5) is 2.38. The number of hydrogen-bond acceptors (Lipinski definition) is 2.